The molecule has 0 radical (unpaired) electrons. The fourth-order valence-corrected chi connectivity index (χ4v) is 2.15. The number of benzene rings is 1. The Morgan fingerprint density at radius 1 is 1.18 bits per heavy atom. The molecule has 2 N–H and O–H groups in total. The van der Waals surface area contributed by atoms with Gasteiger partial charge in [0.05, 0.1) is 18.1 Å². The van der Waals surface area contributed by atoms with E-state index in [0.29, 0.717) is 0 Å². The van der Waals surface area contributed by atoms with Crippen molar-refractivity contribution in [1.82, 2.24) is 15.3 Å². The SMILES string of the molecule is c1cc2c(c(Nc3cncnc3)c1)CNCC2. The molecule has 0 fully saturated rings. The molecule has 0 unspecified atom stereocenters. The molecule has 0 saturated heterocycles. The van der Waals surface area contributed by atoms with E-state index < -0.39 is 0 Å². The summed E-state index contributed by atoms with van der Waals surface area (Å²) < 4.78 is 0. The van der Waals surface area contributed by atoms with Gasteiger partial charge in [-0.2, -0.15) is 0 Å². The molecular weight excluding hydrogens is 212 g/mol. The van der Waals surface area contributed by atoms with E-state index in [4.69, 9.17) is 0 Å². The number of anilines is 2. The lowest BCUT2D eigenvalue weighted by Crippen LogP contribution is -2.24. The second-order valence-electron chi connectivity index (χ2n) is 4.12. The molecule has 0 aliphatic carbocycles. The number of rotatable bonds is 2. The van der Waals surface area contributed by atoms with Crippen LogP contribution in [0.3, 0.4) is 0 Å². The second-order valence-corrected chi connectivity index (χ2v) is 4.12. The van der Waals surface area contributed by atoms with Crippen LogP contribution in [0.15, 0.2) is 36.9 Å². The Hall–Kier alpha value is -1.94. The topological polar surface area (TPSA) is 49.8 Å². The van der Waals surface area contributed by atoms with Gasteiger partial charge in [-0.05, 0) is 30.2 Å². The number of hydrogen-bond donors (Lipinski definition) is 2. The van der Waals surface area contributed by atoms with Crippen molar-refractivity contribution in [2.24, 2.45) is 0 Å². The second kappa shape index (κ2) is 4.51. The highest BCUT2D eigenvalue weighted by Crippen LogP contribution is 2.25. The fourth-order valence-electron chi connectivity index (χ4n) is 2.15. The van der Waals surface area contributed by atoms with Gasteiger partial charge >= 0.3 is 0 Å². The zero-order valence-electron chi connectivity index (χ0n) is 9.48. The van der Waals surface area contributed by atoms with Crippen LogP contribution >= 0.6 is 0 Å². The summed E-state index contributed by atoms with van der Waals surface area (Å²) in [4.78, 5) is 8.01. The molecule has 2 aromatic rings. The molecule has 4 heteroatoms. The maximum absolute atomic E-state index is 4.00. The summed E-state index contributed by atoms with van der Waals surface area (Å²) in [6, 6.07) is 6.39. The Kier molecular flexibility index (Phi) is 2.71. The normalized spacial score (nSPS) is 14.1. The predicted molar refractivity (Wildman–Crippen MR) is 67.2 cm³/mol. The maximum Gasteiger partial charge on any atom is 0.115 e. The highest BCUT2D eigenvalue weighted by atomic mass is 14.9. The van der Waals surface area contributed by atoms with Crippen LogP contribution in [0.25, 0.3) is 0 Å². The van der Waals surface area contributed by atoms with E-state index in [1.54, 1.807) is 12.4 Å². The summed E-state index contributed by atoms with van der Waals surface area (Å²) in [5, 5.41) is 6.76. The van der Waals surface area contributed by atoms with Gasteiger partial charge in [0.25, 0.3) is 0 Å². The van der Waals surface area contributed by atoms with Crippen molar-refractivity contribution in [3.8, 4) is 0 Å². The first kappa shape index (κ1) is 10.2. The average molecular weight is 226 g/mol. The smallest absolute Gasteiger partial charge is 0.115 e. The van der Waals surface area contributed by atoms with Crippen LogP contribution in [-0.4, -0.2) is 16.5 Å². The van der Waals surface area contributed by atoms with Crippen molar-refractivity contribution in [2.45, 2.75) is 13.0 Å². The van der Waals surface area contributed by atoms with E-state index in [2.05, 4.69) is 38.8 Å². The molecule has 4 nitrogen and oxygen atoms in total. The van der Waals surface area contributed by atoms with E-state index >= 15 is 0 Å². The van der Waals surface area contributed by atoms with Gasteiger partial charge in [0.1, 0.15) is 6.33 Å². The molecule has 1 aliphatic heterocycles. The summed E-state index contributed by atoms with van der Waals surface area (Å²) in [6.07, 6.45) is 6.19. The number of fused-ring (bicyclic) bond motifs is 1. The van der Waals surface area contributed by atoms with E-state index in [1.165, 1.54) is 17.5 Å². The summed E-state index contributed by atoms with van der Waals surface area (Å²) in [5.74, 6) is 0. The van der Waals surface area contributed by atoms with E-state index in [1.807, 2.05) is 0 Å². The van der Waals surface area contributed by atoms with Crippen molar-refractivity contribution in [2.75, 3.05) is 11.9 Å². The van der Waals surface area contributed by atoms with Crippen molar-refractivity contribution >= 4 is 11.4 Å². The van der Waals surface area contributed by atoms with Crippen molar-refractivity contribution in [3.63, 3.8) is 0 Å². The van der Waals surface area contributed by atoms with Crippen molar-refractivity contribution < 1.29 is 0 Å². The number of aromatic nitrogens is 2. The molecule has 0 atom stereocenters. The number of nitrogens with one attached hydrogen (secondary N) is 2. The number of nitrogens with zero attached hydrogens (tertiary/aromatic N) is 2. The third-order valence-electron chi connectivity index (χ3n) is 2.99. The molecular formula is C13H14N4. The van der Waals surface area contributed by atoms with Crippen LogP contribution in [0, 0.1) is 0 Å². The summed E-state index contributed by atoms with van der Waals surface area (Å²) >= 11 is 0. The molecule has 1 aliphatic rings. The summed E-state index contributed by atoms with van der Waals surface area (Å²) in [5.41, 5.74) is 4.84. The highest BCUT2D eigenvalue weighted by Gasteiger charge is 2.12. The lowest BCUT2D eigenvalue weighted by Gasteiger charge is -2.20. The monoisotopic (exact) mass is 226 g/mol. The molecule has 0 saturated carbocycles. The minimum Gasteiger partial charge on any atom is -0.353 e. The number of hydrogen-bond acceptors (Lipinski definition) is 4. The minimum absolute atomic E-state index is 0.923. The van der Waals surface area contributed by atoms with Gasteiger partial charge in [-0.15, -0.1) is 0 Å². The van der Waals surface area contributed by atoms with Gasteiger partial charge in [-0.1, -0.05) is 12.1 Å². The largest absolute Gasteiger partial charge is 0.353 e. The van der Waals surface area contributed by atoms with E-state index in [9.17, 15) is 0 Å². The van der Waals surface area contributed by atoms with Crippen molar-refractivity contribution in [3.05, 3.63) is 48.0 Å². The molecule has 17 heavy (non-hydrogen) atoms. The van der Waals surface area contributed by atoms with Crippen LogP contribution in [0.4, 0.5) is 11.4 Å². The first-order valence-electron chi connectivity index (χ1n) is 5.77. The van der Waals surface area contributed by atoms with E-state index in [0.717, 1.165) is 30.9 Å². The zero-order chi connectivity index (χ0) is 11.5. The lowest BCUT2D eigenvalue weighted by molar-refractivity contribution is 0.645. The van der Waals surface area contributed by atoms with Gasteiger partial charge in [-0.3, -0.25) is 0 Å². The molecule has 1 aromatic carbocycles. The van der Waals surface area contributed by atoms with Crippen molar-refractivity contribution in [1.29, 1.82) is 0 Å². The Balaban J connectivity index is 1.93. The fraction of sp³-hybridized carbons (Fsp3) is 0.231. The molecule has 0 spiro atoms. The third-order valence-corrected chi connectivity index (χ3v) is 2.99. The minimum atomic E-state index is 0.923. The van der Waals surface area contributed by atoms with Crippen LogP contribution in [0.5, 0.6) is 0 Å². The standard InChI is InChI=1S/C13H14N4/c1-2-10-4-5-14-8-12(10)13(3-1)17-11-6-15-9-16-7-11/h1-3,6-7,9,14,17H,4-5,8H2. The van der Waals surface area contributed by atoms with E-state index in [-0.39, 0.29) is 0 Å². The third kappa shape index (κ3) is 2.12. The zero-order valence-corrected chi connectivity index (χ0v) is 9.48. The van der Waals surface area contributed by atoms with Crippen LogP contribution in [0.1, 0.15) is 11.1 Å². The van der Waals surface area contributed by atoms with Gasteiger partial charge in [0, 0.05) is 12.2 Å². The molecule has 0 amide bonds. The Morgan fingerprint density at radius 3 is 2.94 bits per heavy atom. The molecule has 0 bridgehead atoms. The summed E-state index contributed by atoms with van der Waals surface area (Å²) in [7, 11) is 0. The first-order chi connectivity index (χ1) is 8.43. The first-order valence-corrected chi connectivity index (χ1v) is 5.77. The van der Waals surface area contributed by atoms with Gasteiger partial charge in [-0.25, -0.2) is 9.97 Å². The Bertz CT molecular complexity index is 510. The predicted octanol–water partition coefficient (Wildman–Crippen LogP) is 1.87. The van der Waals surface area contributed by atoms with Gasteiger partial charge in [0.2, 0.25) is 0 Å². The quantitative estimate of drug-likeness (QED) is 0.820. The molecule has 1 aromatic heterocycles. The summed E-state index contributed by atoms with van der Waals surface area (Å²) in [6.45, 7) is 1.98. The van der Waals surface area contributed by atoms with Crippen LogP contribution in [-0.2, 0) is 13.0 Å². The highest BCUT2D eigenvalue weighted by molar-refractivity contribution is 5.64. The Morgan fingerprint density at radius 2 is 2.06 bits per heavy atom. The maximum atomic E-state index is 4.00. The van der Waals surface area contributed by atoms with Crippen LogP contribution in [0.2, 0.25) is 0 Å². The molecule has 86 valence electrons. The van der Waals surface area contributed by atoms with Gasteiger partial charge in [0.15, 0.2) is 0 Å². The molecule has 2 heterocycles. The molecule has 3 rings (SSSR count). The Labute approximate surface area is 100 Å². The lowest BCUT2D eigenvalue weighted by atomic mass is 9.99. The average Bonchev–Trinajstić information content (AvgIpc) is 2.40. The van der Waals surface area contributed by atoms with Crippen LogP contribution < -0.4 is 10.6 Å². The van der Waals surface area contributed by atoms with Gasteiger partial charge < -0.3 is 10.6 Å².